The van der Waals surface area contributed by atoms with Gasteiger partial charge < -0.3 is 15.4 Å². The number of likely N-dealkylation sites (tertiary alicyclic amines) is 1. The Kier molecular flexibility index (Phi) is 4.30. The Morgan fingerprint density at radius 1 is 1.28 bits per heavy atom. The van der Waals surface area contributed by atoms with Crippen molar-refractivity contribution in [3.05, 3.63) is 36.0 Å². The third-order valence-corrected chi connectivity index (χ3v) is 4.98. The zero-order valence-electron chi connectivity index (χ0n) is 14.4. The zero-order valence-corrected chi connectivity index (χ0v) is 14.4. The second kappa shape index (κ2) is 6.60. The number of morpholine rings is 1. The summed E-state index contributed by atoms with van der Waals surface area (Å²) >= 11 is 0. The monoisotopic (exact) mass is 337 g/mol. The van der Waals surface area contributed by atoms with Gasteiger partial charge in [0.2, 0.25) is 0 Å². The van der Waals surface area contributed by atoms with E-state index < -0.39 is 0 Å². The highest BCUT2D eigenvalue weighted by Crippen LogP contribution is 2.30. The molecule has 2 aliphatic heterocycles. The third kappa shape index (κ3) is 3.19. The number of rotatable bonds is 3. The highest BCUT2D eigenvalue weighted by atomic mass is 16.5. The van der Waals surface area contributed by atoms with Gasteiger partial charge in [-0.15, -0.1) is 0 Å². The molecule has 6 nitrogen and oxygen atoms in total. The molecule has 2 fully saturated rings. The van der Waals surface area contributed by atoms with Gasteiger partial charge in [0, 0.05) is 56.0 Å². The van der Waals surface area contributed by atoms with Gasteiger partial charge in [0.25, 0.3) is 0 Å². The standard InChI is InChI=1S/C19H23N5O/c1-13-8-24(12-16(25-13)11-23-9-15(21)10-23)18-5-4-14(7-20)19-17(18)3-2-6-22-19/h2-6,13,15-16H,8-12,21H2,1H3/t13-,16-/m1/s1. The lowest BCUT2D eigenvalue weighted by molar-refractivity contribution is -0.0429. The molecule has 0 radical (unpaired) electrons. The van der Waals surface area contributed by atoms with Gasteiger partial charge in [-0.2, -0.15) is 5.26 Å². The maximum Gasteiger partial charge on any atom is 0.101 e. The first kappa shape index (κ1) is 16.3. The predicted octanol–water partition coefficient (Wildman–Crippen LogP) is 1.34. The number of aromatic nitrogens is 1. The summed E-state index contributed by atoms with van der Waals surface area (Å²) in [5.41, 5.74) is 8.40. The molecule has 2 saturated heterocycles. The van der Waals surface area contributed by atoms with Gasteiger partial charge in [0.15, 0.2) is 0 Å². The maximum absolute atomic E-state index is 9.34. The third-order valence-electron chi connectivity index (χ3n) is 4.98. The van der Waals surface area contributed by atoms with Crippen molar-refractivity contribution in [2.75, 3.05) is 37.6 Å². The number of hydrogen-bond donors (Lipinski definition) is 1. The van der Waals surface area contributed by atoms with Crippen LogP contribution in [0.4, 0.5) is 5.69 Å². The lowest BCUT2D eigenvalue weighted by Gasteiger charge is -2.44. The molecule has 2 N–H and O–H groups in total. The van der Waals surface area contributed by atoms with Crippen LogP contribution in [0, 0.1) is 11.3 Å². The zero-order chi connectivity index (χ0) is 17.4. The van der Waals surface area contributed by atoms with E-state index in [9.17, 15) is 5.26 Å². The smallest absolute Gasteiger partial charge is 0.101 e. The molecule has 0 unspecified atom stereocenters. The molecule has 4 rings (SSSR count). The van der Waals surface area contributed by atoms with Gasteiger partial charge in [0.1, 0.15) is 6.07 Å². The topological polar surface area (TPSA) is 78.4 Å². The van der Waals surface area contributed by atoms with E-state index in [1.54, 1.807) is 6.20 Å². The van der Waals surface area contributed by atoms with Crippen LogP contribution in [0.5, 0.6) is 0 Å². The van der Waals surface area contributed by atoms with Crippen LogP contribution < -0.4 is 10.6 Å². The summed E-state index contributed by atoms with van der Waals surface area (Å²) in [6.45, 7) is 6.62. The summed E-state index contributed by atoms with van der Waals surface area (Å²) in [5.74, 6) is 0. The van der Waals surface area contributed by atoms with Crippen molar-refractivity contribution in [2.24, 2.45) is 5.73 Å². The fourth-order valence-electron chi connectivity index (χ4n) is 3.91. The Hall–Kier alpha value is -2.20. The van der Waals surface area contributed by atoms with Crippen LogP contribution >= 0.6 is 0 Å². The molecular weight excluding hydrogens is 314 g/mol. The molecular formula is C19H23N5O. The Bertz CT molecular complexity index is 811. The highest BCUT2D eigenvalue weighted by Gasteiger charge is 2.31. The number of benzene rings is 1. The summed E-state index contributed by atoms with van der Waals surface area (Å²) in [5, 5.41) is 10.4. The van der Waals surface area contributed by atoms with Gasteiger partial charge in [-0.05, 0) is 31.2 Å². The molecule has 2 aromatic rings. The maximum atomic E-state index is 9.34. The molecule has 1 aromatic heterocycles. The van der Waals surface area contributed by atoms with Crippen molar-refractivity contribution < 1.29 is 4.74 Å². The summed E-state index contributed by atoms with van der Waals surface area (Å²) in [6, 6.07) is 10.4. The van der Waals surface area contributed by atoms with E-state index in [1.165, 1.54) is 0 Å². The molecule has 3 heterocycles. The predicted molar refractivity (Wildman–Crippen MR) is 97.4 cm³/mol. The minimum atomic E-state index is 0.163. The lowest BCUT2D eigenvalue weighted by Crippen LogP contribution is -2.60. The molecule has 0 spiro atoms. The fourth-order valence-corrected chi connectivity index (χ4v) is 3.91. The van der Waals surface area contributed by atoms with E-state index in [2.05, 4.69) is 27.8 Å². The highest BCUT2D eigenvalue weighted by molar-refractivity contribution is 5.95. The molecule has 1 aromatic carbocycles. The Labute approximate surface area is 147 Å². The first-order valence-electron chi connectivity index (χ1n) is 8.80. The van der Waals surface area contributed by atoms with Crippen LogP contribution in [0.15, 0.2) is 30.5 Å². The molecule has 2 atom stereocenters. The first-order chi connectivity index (χ1) is 12.1. The van der Waals surface area contributed by atoms with Crippen molar-refractivity contribution in [1.29, 1.82) is 5.26 Å². The van der Waals surface area contributed by atoms with Crippen molar-refractivity contribution in [1.82, 2.24) is 9.88 Å². The Balaban J connectivity index is 1.60. The van der Waals surface area contributed by atoms with Gasteiger partial charge >= 0.3 is 0 Å². The van der Waals surface area contributed by atoms with Crippen molar-refractivity contribution in [2.45, 2.75) is 25.2 Å². The quantitative estimate of drug-likeness (QED) is 0.911. The summed E-state index contributed by atoms with van der Waals surface area (Å²) in [7, 11) is 0. The number of ether oxygens (including phenoxy) is 1. The van der Waals surface area contributed by atoms with Crippen LogP contribution in [0.1, 0.15) is 12.5 Å². The normalized spacial score (nSPS) is 24.9. The Morgan fingerprint density at radius 3 is 2.88 bits per heavy atom. The van der Waals surface area contributed by atoms with Gasteiger partial charge in [0.05, 0.1) is 23.3 Å². The first-order valence-corrected chi connectivity index (χ1v) is 8.80. The second-order valence-corrected chi connectivity index (χ2v) is 7.10. The van der Waals surface area contributed by atoms with E-state index in [-0.39, 0.29) is 12.2 Å². The number of hydrogen-bond acceptors (Lipinski definition) is 6. The lowest BCUT2D eigenvalue weighted by atomic mass is 10.1. The van der Waals surface area contributed by atoms with Gasteiger partial charge in [-0.25, -0.2) is 0 Å². The number of anilines is 1. The molecule has 130 valence electrons. The van der Waals surface area contributed by atoms with Crippen LogP contribution in [0.25, 0.3) is 10.9 Å². The largest absolute Gasteiger partial charge is 0.370 e. The van der Waals surface area contributed by atoms with E-state index in [4.69, 9.17) is 10.5 Å². The molecule has 25 heavy (non-hydrogen) atoms. The molecule has 0 saturated carbocycles. The van der Waals surface area contributed by atoms with Crippen LogP contribution in [-0.4, -0.2) is 60.9 Å². The van der Waals surface area contributed by atoms with E-state index >= 15 is 0 Å². The summed E-state index contributed by atoms with van der Waals surface area (Å²) in [6.07, 6.45) is 2.07. The minimum Gasteiger partial charge on any atom is -0.370 e. The molecule has 0 amide bonds. The number of nitriles is 1. The molecule has 0 bridgehead atoms. The average Bonchev–Trinajstić information content (AvgIpc) is 2.59. The van der Waals surface area contributed by atoms with Crippen molar-refractivity contribution in [3.8, 4) is 6.07 Å². The number of fused-ring (bicyclic) bond motifs is 1. The van der Waals surface area contributed by atoms with E-state index in [1.807, 2.05) is 24.3 Å². The van der Waals surface area contributed by atoms with Crippen LogP contribution in [-0.2, 0) is 4.74 Å². The van der Waals surface area contributed by atoms with E-state index in [0.717, 1.165) is 49.3 Å². The second-order valence-electron chi connectivity index (χ2n) is 7.10. The van der Waals surface area contributed by atoms with E-state index in [0.29, 0.717) is 11.6 Å². The minimum absolute atomic E-state index is 0.163. The Morgan fingerprint density at radius 2 is 2.12 bits per heavy atom. The van der Waals surface area contributed by atoms with Gasteiger partial charge in [-0.1, -0.05) is 0 Å². The molecule has 6 heteroatoms. The number of pyridine rings is 1. The van der Waals surface area contributed by atoms with Gasteiger partial charge in [-0.3, -0.25) is 9.88 Å². The SMILES string of the molecule is C[C@@H]1CN(c2ccc(C#N)c3ncccc23)C[C@@H](CN2CC(N)C2)O1. The average molecular weight is 337 g/mol. The van der Waals surface area contributed by atoms with Crippen LogP contribution in [0.3, 0.4) is 0 Å². The summed E-state index contributed by atoms with van der Waals surface area (Å²) < 4.78 is 6.14. The van der Waals surface area contributed by atoms with Crippen molar-refractivity contribution in [3.63, 3.8) is 0 Å². The molecule has 0 aliphatic carbocycles. The van der Waals surface area contributed by atoms with Crippen LogP contribution in [0.2, 0.25) is 0 Å². The van der Waals surface area contributed by atoms with Crippen molar-refractivity contribution >= 4 is 16.6 Å². The summed E-state index contributed by atoms with van der Waals surface area (Å²) in [4.78, 5) is 9.14. The number of nitrogens with zero attached hydrogens (tertiary/aromatic N) is 4. The fraction of sp³-hybridized carbons (Fsp3) is 0.474. The number of nitrogens with two attached hydrogens (primary N) is 1. The molecule has 2 aliphatic rings.